The lowest BCUT2D eigenvalue weighted by Gasteiger charge is -2.22. The predicted octanol–water partition coefficient (Wildman–Crippen LogP) is 4.44. The number of nitrogens with one attached hydrogen (secondary N) is 2. The van der Waals surface area contributed by atoms with Gasteiger partial charge in [-0.05, 0) is 30.3 Å². The second-order valence-corrected chi connectivity index (χ2v) is 8.27. The standard InChI is InChI=1S/C26H23FN6O4/c1-32(2)23-14-22(30-26(36)37)21(13-19(23)18-8-3-4-9-20(18)27)29-25(35)15-24(34)16-6-5-7-17(12-16)33-11-10-28-31-33/h3-14,30H,15H2,1-2H3,(H,29,35)(H,36,37). The van der Waals surface area contributed by atoms with Crippen LogP contribution < -0.4 is 15.5 Å². The number of hydrogen-bond acceptors (Lipinski definition) is 6. The number of Topliss-reactive ketones (excluding diaryl/α,β-unsaturated/α-hetero) is 1. The third-order valence-electron chi connectivity index (χ3n) is 5.47. The second kappa shape index (κ2) is 10.7. The molecule has 10 nitrogen and oxygen atoms in total. The predicted molar refractivity (Wildman–Crippen MR) is 137 cm³/mol. The van der Waals surface area contributed by atoms with Gasteiger partial charge in [0.1, 0.15) is 5.82 Å². The van der Waals surface area contributed by atoms with Crippen molar-refractivity contribution in [2.45, 2.75) is 6.42 Å². The van der Waals surface area contributed by atoms with Gasteiger partial charge in [0.2, 0.25) is 5.91 Å². The lowest BCUT2D eigenvalue weighted by molar-refractivity contribution is -0.115. The van der Waals surface area contributed by atoms with Gasteiger partial charge in [-0.3, -0.25) is 14.9 Å². The van der Waals surface area contributed by atoms with Crippen LogP contribution in [0.3, 0.4) is 0 Å². The van der Waals surface area contributed by atoms with E-state index in [1.165, 1.54) is 29.1 Å². The molecule has 0 saturated heterocycles. The Morgan fingerprint density at radius 1 is 0.973 bits per heavy atom. The first-order valence-electron chi connectivity index (χ1n) is 11.1. The molecule has 3 aromatic carbocycles. The molecule has 0 saturated carbocycles. The summed E-state index contributed by atoms with van der Waals surface area (Å²) in [4.78, 5) is 38.8. The number of amides is 2. The van der Waals surface area contributed by atoms with Crippen molar-refractivity contribution in [1.29, 1.82) is 0 Å². The third-order valence-corrected chi connectivity index (χ3v) is 5.47. The molecule has 4 aromatic rings. The number of carbonyl (C=O) groups excluding carboxylic acids is 2. The van der Waals surface area contributed by atoms with Gasteiger partial charge in [-0.1, -0.05) is 35.5 Å². The molecule has 0 fully saturated rings. The molecule has 0 unspecified atom stereocenters. The SMILES string of the molecule is CN(C)c1cc(NC(=O)O)c(NC(=O)CC(=O)c2cccc(-n3ccnn3)c2)cc1-c1ccccc1F. The van der Waals surface area contributed by atoms with Gasteiger partial charge in [0.25, 0.3) is 0 Å². The largest absolute Gasteiger partial charge is 0.465 e. The molecule has 37 heavy (non-hydrogen) atoms. The number of benzene rings is 3. The van der Waals surface area contributed by atoms with E-state index in [-0.39, 0.29) is 16.9 Å². The Balaban J connectivity index is 1.64. The Morgan fingerprint density at radius 2 is 1.73 bits per heavy atom. The molecule has 11 heteroatoms. The van der Waals surface area contributed by atoms with Crippen LogP contribution in [0.4, 0.5) is 26.2 Å². The normalized spacial score (nSPS) is 10.6. The quantitative estimate of drug-likeness (QED) is 0.240. The van der Waals surface area contributed by atoms with E-state index in [4.69, 9.17) is 0 Å². The molecule has 0 spiro atoms. The van der Waals surface area contributed by atoms with Crippen molar-refractivity contribution in [2.75, 3.05) is 29.6 Å². The molecule has 1 aromatic heterocycles. The second-order valence-electron chi connectivity index (χ2n) is 8.27. The zero-order chi connectivity index (χ0) is 26.5. The number of halogens is 1. The molecular formula is C26H23FN6O4. The molecule has 1 heterocycles. The highest BCUT2D eigenvalue weighted by atomic mass is 19.1. The molecule has 0 aliphatic rings. The fraction of sp³-hybridized carbons (Fsp3) is 0.115. The molecule has 0 bridgehead atoms. The van der Waals surface area contributed by atoms with Gasteiger partial charge in [-0.25, -0.2) is 13.9 Å². The van der Waals surface area contributed by atoms with E-state index in [0.717, 1.165) is 0 Å². The molecule has 0 radical (unpaired) electrons. The number of carbonyl (C=O) groups is 3. The fourth-order valence-corrected chi connectivity index (χ4v) is 3.79. The van der Waals surface area contributed by atoms with E-state index < -0.39 is 30.0 Å². The Kier molecular flexibility index (Phi) is 7.23. The van der Waals surface area contributed by atoms with E-state index in [0.29, 0.717) is 22.5 Å². The van der Waals surface area contributed by atoms with Crippen molar-refractivity contribution in [3.63, 3.8) is 0 Å². The minimum Gasteiger partial charge on any atom is -0.465 e. The van der Waals surface area contributed by atoms with Crippen molar-refractivity contribution in [2.24, 2.45) is 0 Å². The molecule has 188 valence electrons. The number of nitrogens with zero attached hydrogens (tertiary/aromatic N) is 4. The summed E-state index contributed by atoms with van der Waals surface area (Å²) >= 11 is 0. The van der Waals surface area contributed by atoms with E-state index in [1.807, 2.05) is 0 Å². The van der Waals surface area contributed by atoms with E-state index in [2.05, 4.69) is 20.9 Å². The minimum atomic E-state index is -1.35. The minimum absolute atomic E-state index is 0.0743. The monoisotopic (exact) mass is 502 g/mol. The molecule has 0 atom stereocenters. The van der Waals surface area contributed by atoms with Crippen LogP contribution in [0.15, 0.2) is 73.1 Å². The van der Waals surface area contributed by atoms with Crippen LogP contribution in [0, 0.1) is 5.82 Å². The summed E-state index contributed by atoms with van der Waals surface area (Å²) in [7, 11) is 3.46. The fourth-order valence-electron chi connectivity index (χ4n) is 3.79. The van der Waals surface area contributed by atoms with Crippen molar-refractivity contribution >= 4 is 34.8 Å². The van der Waals surface area contributed by atoms with Gasteiger partial charge in [0, 0.05) is 36.5 Å². The van der Waals surface area contributed by atoms with Crippen LogP contribution in [0.25, 0.3) is 16.8 Å². The maximum atomic E-state index is 14.6. The van der Waals surface area contributed by atoms with Gasteiger partial charge in [0.05, 0.1) is 35.9 Å². The number of hydrogen-bond donors (Lipinski definition) is 3. The van der Waals surface area contributed by atoms with Gasteiger partial charge in [-0.15, -0.1) is 5.10 Å². The molecule has 4 rings (SSSR count). The first kappa shape index (κ1) is 25.0. The summed E-state index contributed by atoms with van der Waals surface area (Å²) in [5.41, 5.74) is 2.27. The molecule has 3 N–H and O–H groups in total. The van der Waals surface area contributed by atoms with Gasteiger partial charge >= 0.3 is 6.09 Å². The van der Waals surface area contributed by atoms with Crippen LogP contribution in [0.5, 0.6) is 0 Å². The average Bonchev–Trinajstić information content (AvgIpc) is 3.40. The summed E-state index contributed by atoms with van der Waals surface area (Å²) in [5, 5.41) is 21.8. The summed E-state index contributed by atoms with van der Waals surface area (Å²) in [6.07, 6.45) is 1.28. The van der Waals surface area contributed by atoms with Crippen molar-refractivity contribution in [1.82, 2.24) is 15.0 Å². The average molecular weight is 503 g/mol. The smallest absolute Gasteiger partial charge is 0.409 e. The van der Waals surface area contributed by atoms with Crippen LogP contribution in [0.2, 0.25) is 0 Å². The zero-order valence-electron chi connectivity index (χ0n) is 20.0. The first-order valence-corrected chi connectivity index (χ1v) is 11.1. The van der Waals surface area contributed by atoms with Crippen molar-refractivity contribution in [3.05, 3.63) is 84.4 Å². The summed E-state index contributed by atoms with van der Waals surface area (Å²) in [6.45, 7) is 0. The number of anilines is 3. The molecular weight excluding hydrogens is 479 g/mol. The molecule has 2 amide bonds. The van der Waals surface area contributed by atoms with Crippen LogP contribution in [0.1, 0.15) is 16.8 Å². The summed E-state index contributed by atoms with van der Waals surface area (Å²) < 4.78 is 16.1. The van der Waals surface area contributed by atoms with Gasteiger partial charge in [0.15, 0.2) is 5.78 Å². The van der Waals surface area contributed by atoms with E-state index in [9.17, 15) is 23.9 Å². The Morgan fingerprint density at radius 3 is 2.41 bits per heavy atom. The highest BCUT2D eigenvalue weighted by molar-refractivity contribution is 6.12. The Hall–Kier alpha value is -5.06. The number of rotatable bonds is 8. The number of carboxylic acid groups (broad SMARTS) is 1. The highest BCUT2D eigenvalue weighted by Crippen LogP contribution is 2.38. The summed E-state index contributed by atoms with van der Waals surface area (Å²) in [5.74, 6) is -1.60. The first-order chi connectivity index (χ1) is 17.7. The maximum Gasteiger partial charge on any atom is 0.409 e. The lowest BCUT2D eigenvalue weighted by Crippen LogP contribution is -2.19. The van der Waals surface area contributed by atoms with Crippen LogP contribution in [-0.4, -0.2) is 52.0 Å². The maximum absolute atomic E-state index is 14.6. The van der Waals surface area contributed by atoms with Gasteiger partial charge < -0.3 is 15.3 Å². The Bertz CT molecular complexity index is 1470. The number of aromatic nitrogens is 3. The van der Waals surface area contributed by atoms with Gasteiger partial charge in [-0.2, -0.15) is 0 Å². The number of ketones is 1. The zero-order valence-corrected chi connectivity index (χ0v) is 20.0. The molecule has 0 aliphatic heterocycles. The topological polar surface area (TPSA) is 129 Å². The highest BCUT2D eigenvalue weighted by Gasteiger charge is 2.20. The third kappa shape index (κ3) is 5.78. The Labute approximate surface area is 211 Å². The summed E-state index contributed by atoms with van der Waals surface area (Å²) in [6, 6.07) is 15.7. The van der Waals surface area contributed by atoms with Crippen molar-refractivity contribution in [3.8, 4) is 16.8 Å². The lowest BCUT2D eigenvalue weighted by atomic mass is 10.00. The molecule has 0 aliphatic carbocycles. The van der Waals surface area contributed by atoms with E-state index in [1.54, 1.807) is 67.7 Å². The van der Waals surface area contributed by atoms with Crippen LogP contribution >= 0.6 is 0 Å². The van der Waals surface area contributed by atoms with E-state index >= 15 is 0 Å². The van der Waals surface area contributed by atoms with Crippen molar-refractivity contribution < 1.29 is 23.9 Å². The van der Waals surface area contributed by atoms with Crippen LogP contribution in [-0.2, 0) is 4.79 Å².